The number of halogens is 1. The molecule has 0 radical (unpaired) electrons. The van der Waals surface area contributed by atoms with Crippen LogP contribution < -0.4 is 5.46 Å². The molecule has 3 rings (SSSR count). The fourth-order valence-electron chi connectivity index (χ4n) is 5.34. The minimum absolute atomic E-state index is 0.150. The summed E-state index contributed by atoms with van der Waals surface area (Å²) in [6.45, 7) is 23.9. The Hall–Kier alpha value is -1.45. The Balaban J connectivity index is 1.91. The lowest BCUT2D eigenvalue weighted by atomic mass is 9.61. The van der Waals surface area contributed by atoms with E-state index in [4.69, 9.17) is 23.9 Å². The molecule has 9 nitrogen and oxygen atoms in total. The third-order valence-corrected chi connectivity index (χ3v) is 15.1. The van der Waals surface area contributed by atoms with Crippen molar-refractivity contribution in [2.75, 3.05) is 26.7 Å². The van der Waals surface area contributed by atoms with Crippen molar-refractivity contribution in [2.45, 2.75) is 121 Å². The summed E-state index contributed by atoms with van der Waals surface area (Å²) in [6, 6.07) is 5.80. The number of thioether (sulfide) groups is 1. The van der Waals surface area contributed by atoms with Gasteiger partial charge in [-0.15, -0.1) is 0 Å². The predicted molar refractivity (Wildman–Crippen MR) is 189 cm³/mol. The molecule has 0 spiro atoms. The molecule has 260 valence electrons. The second kappa shape index (κ2) is 13.1. The van der Waals surface area contributed by atoms with E-state index in [0.29, 0.717) is 12.1 Å². The maximum Gasteiger partial charge on any atom is 0.416 e. The topological polar surface area (TPSA) is 104 Å². The van der Waals surface area contributed by atoms with Crippen LogP contribution in [0.5, 0.6) is 0 Å². The summed E-state index contributed by atoms with van der Waals surface area (Å²) in [5.41, 5.74) is -2.58. The molecule has 1 amide bonds. The standard InChI is InChI=1S/C32H54BFN2O7S2Si/c1-28(2,3)42-27(37)36(10)26-35-31(8,25-20-32(25,44-26)45(11,38)39)23-19-22(15-16-24(23)34)33(9)43-30(6,7)29(4,5)41-21-40-17-18-46(12,13)14/h15-16,19,25H,17-18,20-21H2,1-14H3/t25-,31+,32+/m0/s1. The van der Waals surface area contributed by atoms with Gasteiger partial charge in [-0.05, 0) is 79.4 Å². The van der Waals surface area contributed by atoms with E-state index in [1.807, 2.05) is 34.5 Å². The zero-order valence-electron chi connectivity index (χ0n) is 30.2. The van der Waals surface area contributed by atoms with Gasteiger partial charge in [-0.2, -0.15) is 0 Å². The Morgan fingerprint density at radius 1 is 1.15 bits per heavy atom. The maximum atomic E-state index is 15.8. The minimum atomic E-state index is -3.62. The van der Waals surface area contributed by atoms with Crippen molar-refractivity contribution in [1.82, 2.24) is 4.90 Å². The van der Waals surface area contributed by atoms with Crippen LogP contribution in [0.3, 0.4) is 0 Å². The van der Waals surface area contributed by atoms with Crippen LogP contribution in [0, 0.1) is 11.7 Å². The molecule has 0 saturated heterocycles. The number of ether oxygens (including phenoxy) is 3. The summed E-state index contributed by atoms with van der Waals surface area (Å²) in [5.74, 6) is -1.01. The van der Waals surface area contributed by atoms with Crippen LogP contribution in [0.4, 0.5) is 9.18 Å². The number of rotatable bonds is 12. The molecule has 1 heterocycles. The van der Waals surface area contributed by atoms with Gasteiger partial charge in [0.2, 0.25) is 0 Å². The predicted octanol–water partition coefficient (Wildman–Crippen LogP) is 6.50. The number of hydrogen-bond donors (Lipinski definition) is 0. The van der Waals surface area contributed by atoms with Crippen molar-refractivity contribution in [1.29, 1.82) is 0 Å². The van der Waals surface area contributed by atoms with Crippen molar-refractivity contribution in [3.05, 3.63) is 29.6 Å². The van der Waals surface area contributed by atoms with Gasteiger partial charge < -0.3 is 18.9 Å². The van der Waals surface area contributed by atoms with Gasteiger partial charge in [0.05, 0.1) is 16.7 Å². The Bertz CT molecular complexity index is 1440. The molecular formula is C32H54BFN2O7S2Si. The molecule has 1 aromatic rings. The Kier molecular flexibility index (Phi) is 11.1. The maximum absolute atomic E-state index is 15.8. The molecule has 3 atom stereocenters. The quantitative estimate of drug-likeness (QED) is 0.138. The van der Waals surface area contributed by atoms with Gasteiger partial charge in [-0.25, -0.2) is 17.6 Å². The summed E-state index contributed by atoms with van der Waals surface area (Å²) in [6.07, 6.45) is 0.785. The van der Waals surface area contributed by atoms with Crippen molar-refractivity contribution < 1.29 is 36.5 Å². The largest absolute Gasteiger partial charge is 0.443 e. The molecule has 1 aromatic carbocycles. The molecule has 1 aliphatic carbocycles. The number of hydrogen-bond acceptors (Lipinski definition) is 9. The van der Waals surface area contributed by atoms with E-state index < -0.39 is 69.1 Å². The van der Waals surface area contributed by atoms with Crippen molar-refractivity contribution in [3.8, 4) is 0 Å². The van der Waals surface area contributed by atoms with Crippen molar-refractivity contribution in [3.63, 3.8) is 0 Å². The average Bonchev–Trinajstić information content (AvgIpc) is 3.64. The average molecular weight is 701 g/mol. The van der Waals surface area contributed by atoms with Crippen LogP contribution in [-0.4, -0.2) is 87.2 Å². The van der Waals surface area contributed by atoms with E-state index in [2.05, 4.69) is 19.6 Å². The van der Waals surface area contributed by atoms with Crippen LogP contribution in [-0.2, 0) is 34.2 Å². The smallest absolute Gasteiger partial charge is 0.416 e. The highest BCUT2D eigenvalue weighted by Gasteiger charge is 2.72. The van der Waals surface area contributed by atoms with Crippen LogP contribution >= 0.6 is 11.8 Å². The number of amidine groups is 1. The summed E-state index contributed by atoms with van der Waals surface area (Å²) in [4.78, 5) is 19.1. The molecule has 2 aliphatic rings. The molecule has 0 aromatic heterocycles. The molecule has 1 saturated carbocycles. The van der Waals surface area contributed by atoms with Gasteiger partial charge in [0.15, 0.2) is 15.0 Å². The van der Waals surface area contributed by atoms with Crippen LogP contribution in [0.1, 0.15) is 67.4 Å². The number of carbonyl (C=O) groups is 1. The van der Waals surface area contributed by atoms with E-state index in [1.54, 1.807) is 39.8 Å². The van der Waals surface area contributed by atoms with Crippen LogP contribution in [0.2, 0.25) is 32.5 Å². The van der Waals surface area contributed by atoms with Crippen molar-refractivity contribution in [2.24, 2.45) is 10.9 Å². The first-order valence-corrected chi connectivity index (χ1v) is 22.2. The molecule has 0 bridgehead atoms. The molecule has 1 aliphatic heterocycles. The number of fused-ring (bicyclic) bond motifs is 1. The lowest BCUT2D eigenvalue weighted by Gasteiger charge is -2.43. The SMILES string of the molecule is CB(OC(C)(C)C(C)(C)OCOCC[Si](C)(C)C)c1ccc(F)c([C@@]2(C)N=C(N(C)C(=O)OC(C)(C)C)S[C@@]3(S(C)(=O)=O)C[C@H]32)c1. The first-order valence-electron chi connectivity index (χ1n) is 15.8. The van der Waals surface area contributed by atoms with Crippen LogP contribution in [0.25, 0.3) is 0 Å². The van der Waals surface area contributed by atoms with Gasteiger partial charge in [0.25, 0.3) is 0 Å². The molecule has 14 heteroatoms. The van der Waals surface area contributed by atoms with E-state index in [9.17, 15) is 13.2 Å². The summed E-state index contributed by atoms with van der Waals surface area (Å²) in [7, 11) is -3.34. The number of amides is 1. The lowest BCUT2D eigenvalue weighted by molar-refractivity contribution is -0.189. The first kappa shape index (κ1) is 39.0. The molecule has 46 heavy (non-hydrogen) atoms. The summed E-state index contributed by atoms with van der Waals surface area (Å²) >= 11 is 1.03. The molecule has 1 fully saturated rings. The van der Waals surface area contributed by atoms with E-state index in [-0.39, 0.29) is 23.9 Å². The molecular weight excluding hydrogens is 646 g/mol. The Morgan fingerprint density at radius 2 is 1.76 bits per heavy atom. The molecule has 0 N–H and O–H groups in total. The monoisotopic (exact) mass is 700 g/mol. The lowest BCUT2D eigenvalue weighted by Crippen LogP contribution is -2.54. The highest BCUT2D eigenvalue weighted by molar-refractivity contribution is 8.24. The third kappa shape index (κ3) is 8.58. The van der Waals surface area contributed by atoms with E-state index in [0.717, 1.165) is 17.8 Å². The van der Waals surface area contributed by atoms with Crippen LogP contribution in [0.15, 0.2) is 23.2 Å². The molecule has 0 unspecified atom stereocenters. The highest BCUT2D eigenvalue weighted by atomic mass is 32.3. The Morgan fingerprint density at radius 3 is 2.30 bits per heavy atom. The number of sulfone groups is 1. The second-order valence-electron chi connectivity index (χ2n) is 16.0. The number of nitrogens with zero attached hydrogens (tertiary/aromatic N) is 2. The number of aliphatic imine (C=N–C) groups is 1. The fourth-order valence-corrected chi connectivity index (χ4v) is 9.52. The number of benzene rings is 1. The normalized spacial score (nSPS) is 23.8. The van der Waals surface area contributed by atoms with Gasteiger partial charge in [-0.3, -0.25) is 9.89 Å². The summed E-state index contributed by atoms with van der Waals surface area (Å²) in [5, 5.41) is 0.164. The summed E-state index contributed by atoms with van der Waals surface area (Å²) < 4.78 is 64.9. The highest BCUT2D eigenvalue weighted by Crippen LogP contribution is 2.68. The van der Waals surface area contributed by atoms with E-state index in [1.165, 1.54) is 24.3 Å². The number of carbonyl (C=O) groups excluding carboxylic acids is 1. The van der Waals surface area contributed by atoms with Gasteiger partial charge in [0, 0.05) is 39.5 Å². The van der Waals surface area contributed by atoms with Gasteiger partial charge in [0.1, 0.15) is 22.3 Å². The van der Waals surface area contributed by atoms with Crippen molar-refractivity contribution >= 4 is 53.3 Å². The third-order valence-electron chi connectivity index (χ3n) is 9.14. The zero-order chi connectivity index (χ0) is 35.3. The Labute approximate surface area is 281 Å². The van der Waals surface area contributed by atoms with E-state index >= 15 is 4.39 Å². The van der Waals surface area contributed by atoms with Gasteiger partial charge in [-0.1, -0.05) is 50.4 Å². The zero-order valence-corrected chi connectivity index (χ0v) is 32.8. The second-order valence-corrected chi connectivity index (χ2v) is 25.5. The van der Waals surface area contributed by atoms with Gasteiger partial charge >= 0.3 is 13.0 Å². The first-order chi connectivity index (χ1) is 20.7. The fraction of sp³-hybridized carbons (Fsp3) is 0.750. The minimum Gasteiger partial charge on any atom is -0.443 e.